The zero-order chi connectivity index (χ0) is 15.2. The number of nitrogens with two attached hydrogens (primary N) is 1. The molecule has 0 bridgehead atoms. The third-order valence-corrected chi connectivity index (χ3v) is 3.88. The van der Waals surface area contributed by atoms with Gasteiger partial charge in [-0.2, -0.15) is 0 Å². The lowest BCUT2D eigenvalue weighted by molar-refractivity contribution is -0.144. The number of carboxylic acids is 1. The summed E-state index contributed by atoms with van der Waals surface area (Å²) >= 11 is 0. The van der Waals surface area contributed by atoms with Crippen LogP contribution >= 0.6 is 0 Å². The van der Waals surface area contributed by atoms with Crippen LogP contribution in [0.4, 0.5) is 0 Å². The maximum absolute atomic E-state index is 12.4. The number of carbonyl (C=O) groups excluding carboxylic acids is 1. The van der Waals surface area contributed by atoms with Crippen LogP contribution in [-0.4, -0.2) is 23.5 Å². The van der Waals surface area contributed by atoms with Crippen molar-refractivity contribution in [2.24, 2.45) is 11.1 Å². The fourth-order valence-corrected chi connectivity index (χ4v) is 2.17. The summed E-state index contributed by atoms with van der Waals surface area (Å²) in [6, 6.07) is 7.60. The van der Waals surface area contributed by atoms with Gasteiger partial charge in [0.15, 0.2) is 6.04 Å². The maximum atomic E-state index is 12.4. The van der Waals surface area contributed by atoms with Crippen molar-refractivity contribution in [3.05, 3.63) is 35.9 Å². The molecule has 1 aromatic carbocycles. The molecule has 20 heavy (non-hydrogen) atoms. The van der Waals surface area contributed by atoms with Gasteiger partial charge in [0.05, 0.1) is 5.41 Å². The Bertz CT molecular complexity index is 447. The zero-order valence-corrected chi connectivity index (χ0v) is 11.9. The lowest BCUT2D eigenvalue weighted by atomic mass is 9.81. The Kier molecular flexibility index (Phi) is 5.70. The number of aliphatic carboxylic acids is 1. The standard InChI is InChI=1S/C15H22N2O3/c1-3-15(4-2,10-16)14(20)17-12(13(18)19)11-8-6-5-7-9-11/h5-9,12H,3-4,10,16H2,1-2H3,(H,17,20)(H,18,19). The molecule has 0 fully saturated rings. The molecule has 110 valence electrons. The van der Waals surface area contributed by atoms with Gasteiger partial charge in [-0.15, -0.1) is 0 Å². The lowest BCUT2D eigenvalue weighted by Gasteiger charge is -2.30. The summed E-state index contributed by atoms with van der Waals surface area (Å²) in [7, 11) is 0. The Labute approximate surface area is 119 Å². The van der Waals surface area contributed by atoms with Gasteiger partial charge in [-0.05, 0) is 18.4 Å². The number of rotatable bonds is 7. The van der Waals surface area contributed by atoms with Crippen molar-refractivity contribution in [3.63, 3.8) is 0 Å². The van der Waals surface area contributed by atoms with Gasteiger partial charge in [0.2, 0.25) is 5.91 Å². The van der Waals surface area contributed by atoms with Gasteiger partial charge in [0.25, 0.3) is 0 Å². The van der Waals surface area contributed by atoms with E-state index in [1.807, 2.05) is 13.8 Å². The summed E-state index contributed by atoms with van der Waals surface area (Å²) in [5, 5.41) is 11.9. The van der Waals surface area contributed by atoms with E-state index < -0.39 is 17.4 Å². The number of carbonyl (C=O) groups is 2. The molecule has 4 N–H and O–H groups in total. The summed E-state index contributed by atoms with van der Waals surface area (Å²) in [6.07, 6.45) is 1.15. The predicted molar refractivity (Wildman–Crippen MR) is 77.0 cm³/mol. The normalized spacial score (nSPS) is 12.8. The van der Waals surface area contributed by atoms with E-state index in [1.165, 1.54) is 0 Å². The van der Waals surface area contributed by atoms with Gasteiger partial charge in [0.1, 0.15) is 0 Å². The molecule has 1 atom stereocenters. The van der Waals surface area contributed by atoms with E-state index in [1.54, 1.807) is 30.3 Å². The molecule has 0 aliphatic heterocycles. The maximum Gasteiger partial charge on any atom is 0.330 e. The first-order chi connectivity index (χ1) is 9.50. The Balaban J connectivity index is 2.97. The number of amides is 1. The molecule has 0 spiro atoms. The number of hydrogen-bond acceptors (Lipinski definition) is 3. The predicted octanol–water partition coefficient (Wildman–Crippen LogP) is 1.69. The van der Waals surface area contributed by atoms with E-state index in [4.69, 9.17) is 5.73 Å². The molecular formula is C15H22N2O3. The van der Waals surface area contributed by atoms with Gasteiger partial charge in [-0.1, -0.05) is 44.2 Å². The molecule has 0 radical (unpaired) electrons. The molecule has 0 aliphatic rings. The first kappa shape index (κ1) is 16.2. The van der Waals surface area contributed by atoms with Crippen LogP contribution in [0.25, 0.3) is 0 Å². The number of benzene rings is 1. The Morgan fingerprint density at radius 1 is 1.25 bits per heavy atom. The minimum absolute atomic E-state index is 0.201. The van der Waals surface area contributed by atoms with Gasteiger partial charge in [-0.25, -0.2) is 4.79 Å². The first-order valence-corrected chi connectivity index (χ1v) is 6.79. The van der Waals surface area contributed by atoms with Crippen LogP contribution in [0.5, 0.6) is 0 Å². The topological polar surface area (TPSA) is 92.4 Å². The molecule has 5 heteroatoms. The smallest absolute Gasteiger partial charge is 0.330 e. The van der Waals surface area contributed by atoms with E-state index in [0.717, 1.165) is 0 Å². The molecular weight excluding hydrogens is 256 g/mol. The Hall–Kier alpha value is -1.88. The van der Waals surface area contributed by atoms with E-state index in [2.05, 4.69) is 5.32 Å². The molecule has 0 saturated carbocycles. The molecule has 1 rings (SSSR count). The fraction of sp³-hybridized carbons (Fsp3) is 0.467. The van der Waals surface area contributed by atoms with Crippen molar-refractivity contribution in [1.29, 1.82) is 0 Å². The molecule has 0 heterocycles. The van der Waals surface area contributed by atoms with Crippen LogP contribution in [0, 0.1) is 5.41 Å². The second-order valence-corrected chi connectivity index (χ2v) is 4.85. The largest absolute Gasteiger partial charge is 0.479 e. The number of nitrogens with one attached hydrogen (secondary N) is 1. The van der Waals surface area contributed by atoms with Crippen molar-refractivity contribution in [2.75, 3.05) is 6.54 Å². The average molecular weight is 278 g/mol. The minimum atomic E-state index is -1.08. The summed E-state index contributed by atoms with van der Waals surface area (Å²) in [4.78, 5) is 23.8. The Morgan fingerprint density at radius 2 is 1.80 bits per heavy atom. The minimum Gasteiger partial charge on any atom is -0.479 e. The fourth-order valence-electron chi connectivity index (χ4n) is 2.17. The van der Waals surface area contributed by atoms with Crippen molar-refractivity contribution in [3.8, 4) is 0 Å². The van der Waals surface area contributed by atoms with Gasteiger partial charge < -0.3 is 16.2 Å². The SMILES string of the molecule is CCC(CC)(CN)C(=O)NC(C(=O)O)c1ccccc1. The molecule has 5 nitrogen and oxygen atoms in total. The molecule has 0 aromatic heterocycles. The van der Waals surface area contributed by atoms with Gasteiger partial charge in [0, 0.05) is 6.54 Å². The highest BCUT2D eigenvalue weighted by Gasteiger charge is 2.36. The van der Waals surface area contributed by atoms with Crippen molar-refractivity contribution < 1.29 is 14.7 Å². The monoisotopic (exact) mass is 278 g/mol. The number of hydrogen-bond donors (Lipinski definition) is 3. The molecule has 0 saturated heterocycles. The average Bonchev–Trinajstić information content (AvgIpc) is 2.47. The molecule has 0 aliphatic carbocycles. The van der Waals surface area contributed by atoms with Crippen LogP contribution < -0.4 is 11.1 Å². The number of carboxylic acid groups (broad SMARTS) is 1. The van der Waals surface area contributed by atoms with Crippen LogP contribution in [-0.2, 0) is 9.59 Å². The van der Waals surface area contributed by atoms with E-state index >= 15 is 0 Å². The van der Waals surface area contributed by atoms with Crippen LogP contribution in [0.15, 0.2) is 30.3 Å². The second kappa shape index (κ2) is 7.05. The highest BCUT2D eigenvalue weighted by molar-refractivity contribution is 5.88. The zero-order valence-electron chi connectivity index (χ0n) is 11.9. The summed E-state index contributed by atoms with van der Waals surface area (Å²) < 4.78 is 0. The van der Waals surface area contributed by atoms with Crippen molar-refractivity contribution in [2.45, 2.75) is 32.7 Å². The molecule has 1 amide bonds. The third-order valence-electron chi connectivity index (χ3n) is 3.88. The van der Waals surface area contributed by atoms with Crippen molar-refractivity contribution >= 4 is 11.9 Å². The Morgan fingerprint density at radius 3 is 2.20 bits per heavy atom. The van der Waals surface area contributed by atoms with Crippen LogP contribution in [0.3, 0.4) is 0 Å². The first-order valence-electron chi connectivity index (χ1n) is 6.79. The second-order valence-electron chi connectivity index (χ2n) is 4.85. The van der Waals surface area contributed by atoms with Crippen LogP contribution in [0.2, 0.25) is 0 Å². The van der Waals surface area contributed by atoms with Gasteiger partial charge in [-0.3, -0.25) is 4.79 Å². The van der Waals surface area contributed by atoms with E-state index in [0.29, 0.717) is 18.4 Å². The van der Waals surface area contributed by atoms with Crippen molar-refractivity contribution in [1.82, 2.24) is 5.32 Å². The molecule has 1 aromatic rings. The quantitative estimate of drug-likeness (QED) is 0.707. The van der Waals surface area contributed by atoms with Crippen LogP contribution in [0.1, 0.15) is 38.3 Å². The van der Waals surface area contributed by atoms with Gasteiger partial charge >= 0.3 is 5.97 Å². The van der Waals surface area contributed by atoms with E-state index in [-0.39, 0.29) is 12.5 Å². The molecule has 1 unspecified atom stereocenters. The summed E-state index contributed by atoms with van der Waals surface area (Å²) in [5.74, 6) is -1.39. The summed E-state index contributed by atoms with van der Waals surface area (Å²) in [6.45, 7) is 3.97. The highest BCUT2D eigenvalue weighted by atomic mass is 16.4. The summed E-state index contributed by atoms with van der Waals surface area (Å²) in [5.41, 5.74) is 5.55. The van der Waals surface area contributed by atoms with E-state index in [9.17, 15) is 14.7 Å². The third kappa shape index (κ3) is 3.36. The highest BCUT2D eigenvalue weighted by Crippen LogP contribution is 2.26. The lowest BCUT2D eigenvalue weighted by Crippen LogP contribution is -2.47.